The van der Waals surface area contributed by atoms with Crippen LogP contribution in [0, 0.1) is 11.8 Å². The third-order valence-corrected chi connectivity index (χ3v) is 3.55. The van der Waals surface area contributed by atoms with Crippen LogP contribution in [0.1, 0.15) is 65.7 Å². The number of carbonyl (C=O) groups excluding carboxylic acids is 1. The highest BCUT2D eigenvalue weighted by Crippen LogP contribution is 2.28. The first-order valence-electron chi connectivity index (χ1n) is 7.59. The fourth-order valence-electron chi connectivity index (χ4n) is 2.55. The zero-order chi connectivity index (χ0) is 13.4. The summed E-state index contributed by atoms with van der Waals surface area (Å²) in [4.78, 5) is 11.7. The minimum Gasteiger partial charge on any atom is -0.290 e. The third-order valence-electron chi connectivity index (χ3n) is 3.55. The molecule has 1 atom stereocenters. The Kier molecular flexibility index (Phi) is 7.00. The predicted octanol–water partition coefficient (Wildman–Crippen LogP) is 5.07. The van der Waals surface area contributed by atoms with Crippen molar-refractivity contribution >= 4 is 5.78 Å². The smallest absolute Gasteiger partial charge is 0.181 e. The van der Waals surface area contributed by atoms with E-state index in [1.54, 1.807) is 6.08 Å². The van der Waals surface area contributed by atoms with Crippen LogP contribution in [-0.2, 0) is 4.79 Å². The average Bonchev–Trinajstić information content (AvgIpc) is 2.65. The standard InChI is InChI=1S/C17H28O/c1-4-5-6-7-8-9-10-15-11-12-17(18)16(15)13-14(2)3/h11-15H,4-10H2,1-3H3/b16-13+. The minimum atomic E-state index is 0.236. The summed E-state index contributed by atoms with van der Waals surface area (Å²) in [6.07, 6.45) is 15.1. The fraction of sp³-hybridized carbons (Fsp3) is 0.706. The first-order chi connectivity index (χ1) is 8.65. The number of unbranched alkanes of at least 4 members (excludes halogenated alkanes) is 5. The Labute approximate surface area is 112 Å². The Hall–Kier alpha value is -0.850. The summed E-state index contributed by atoms with van der Waals surface area (Å²) in [7, 11) is 0. The maximum Gasteiger partial charge on any atom is 0.181 e. The molecule has 0 saturated heterocycles. The van der Waals surface area contributed by atoms with E-state index < -0.39 is 0 Å². The van der Waals surface area contributed by atoms with Gasteiger partial charge >= 0.3 is 0 Å². The SMILES string of the molecule is CCCCCCCCC1C=CC(=O)/C1=C/C(C)C. The molecule has 0 radical (unpaired) electrons. The molecule has 1 heteroatoms. The van der Waals surface area contributed by atoms with Crippen molar-refractivity contribution in [3.8, 4) is 0 Å². The second-order valence-corrected chi connectivity index (χ2v) is 5.75. The highest BCUT2D eigenvalue weighted by molar-refractivity contribution is 6.07. The summed E-state index contributed by atoms with van der Waals surface area (Å²) in [5.41, 5.74) is 1.04. The molecule has 0 aromatic heterocycles. The molecule has 1 aliphatic carbocycles. The Balaban J connectivity index is 2.29. The lowest BCUT2D eigenvalue weighted by Gasteiger charge is -2.11. The van der Waals surface area contributed by atoms with Crippen molar-refractivity contribution in [1.82, 2.24) is 0 Å². The molecule has 0 bridgehead atoms. The average molecular weight is 248 g/mol. The summed E-state index contributed by atoms with van der Waals surface area (Å²) in [6, 6.07) is 0. The lowest BCUT2D eigenvalue weighted by atomic mass is 9.93. The molecular formula is C17H28O. The molecule has 0 aromatic rings. The molecule has 0 heterocycles. The maximum absolute atomic E-state index is 11.7. The lowest BCUT2D eigenvalue weighted by molar-refractivity contribution is -0.111. The van der Waals surface area contributed by atoms with Gasteiger partial charge in [0.05, 0.1) is 0 Å². The molecule has 1 aliphatic rings. The van der Waals surface area contributed by atoms with Crippen molar-refractivity contribution in [3.05, 3.63) is 23.8 Å². The largest absolute Gasteiger partial charge is 0.290 e. The van der Waals surface area contributed by atoms with E-state index in [0.717, 1.165) is 12.0 Å². The van der Waals surface area contributed by atoms with E-state index in [2.05, 4.69) is 32.9 Å². The van der Waals surface area contributed by atoms with E-state index in [1.807, 2.05) is 0 Å². The van der Waals surface area contributed by atoms with Crippen LogP contribution >= 0.6 is 0 Å². The van der Waals surface area contributed by atoms with Gasteiger partial charge in [0.25, 0.3) is 0 Å². The summed E-state index contributed by atoms with van der Waals surface area (Å²) >= 11 is 0. The molecule has 1 rings (SSSR count). The van der Waals surface area contributed by atoms with Crippen LogP contribution in [0.5, 0.6) is 0 Å². The van der Waals surface area contributed by atoms with Crippen molar-refractivity contribution in [2.45, 2.75) is 65.7 Å². The van der Waals surface area contributed by atoms with E-state index in [1.165, 1.54) is 38.5 Å². The van der Waals surface area contributed by atoms with Crippen molar-refractivity contribution in [3.63, 3.8) is 0 Å². The Morgan fingerprint density at radius 1 is 1.17 bits per heavy atom. The van der Waals surface area contributed by atoms with Crippen LogP contribution in [0.3, 0.4) is 0 Å². The summed E-state index contributed by atoms with van der Waals surface area (Å²) in [5, 5.41) is 0. The highest BCUT2D eigenvalue weighted by atomic mass is 16.1. The Morgan fingerprint density at radius 2 is 1.83 bits per heavy atom. The van der Waals surface area contributed by atoms with Gasteiger partial charge in [-0.1, -0.05) is 71.4 Å². The van der Waals surface area contributed by atoms with Gasteiger partial charge in [-0.05, 0) is 18.4 Å². The van der Waals surface area contributed by atoms with E-state index in [-0.39, 0.29) is 5.78 Å². The van der Waals surface area contributed by atoms with Gasteiger partial charge in [0.15, 0.2) is 5.78 Å². The van der Waals surface area contributed by atoms with Gasteiger partial charge in [0.2, 0.25) is 0 Å². The molecule has 18 heavy (non-hydrogen) atoms. The van der Waals surface area contributed by atoms with Crippen molar-refractivity contribution < 1.29 is 4.79 Å². The molecule has 0 fully saturated rings. The molecule has 0 spiro atoms. The molecule has 0 amide bonds. The number of rotatable bonds is 8. The van der Waals surface area contributed by atoms with E-state index in [9.17, 15) is 4.79 Å². The molecule has 0 aliphatic heterocycles. The predicted molar refractivity (Wildman–Crippen MR) is 78.6 cm³/mol. The zero-order valence-corrected chi connectivity index (χ0v) is 12.2. The van der Waals surface area contributed by atoms with Gasteiger partial charge in [0, 0.05) is 11.5 Å². The molecule has 1 nitrogen and oxygen atoms in total. The van der Waals surface area contributed by atoms with Gasteiger partial charge < -0.3 is 0 Å². The van der Waals surface area contributed by atoms with Gasteiger partial charge in [-0.25, -0.2) is 0 Å². The fourth-order valence-corrected chi connectivity index (χ4v) is 2.55. The molecule has 0 aromatic carbocycles. The third kappa shape index (κ3) is 5.20. The Bertz CT molecular complexity index is 310. The van der Waals surface area contributed by atoms with Crippen LogP contribution in [0.2, 0.25) is 0 Å². The molecular weight excluding hydrogens is 220 g/mol. The van der Waals surface area contributed by atoms with Crippen LogP contribution in [0.25, 0.3) is 0 Å². The number of hydrogen-bond donors (Lipinski definition) is 0. The van der Waals surface area contributed by atoms with Crippen LogP contribution < -0.4 is 0 Å². The topological polar surface area (TPSA) is 17.1 Å². The molecule has 1 unspecified atom stereocenters. The number of hydrogen-bond acceptors (Lipinski definition) is 1. The van der Waals surface area contributed by atoms with Crippen LogP contribution in [0.15, 0.2) is 23.8 Å². The van der Waals surface area contributed by atoms with E-state index in [0.29, 0.717) is 11.8 Å². The molecule has 102 valence electrons. The van der Waals surface area contributed by atoms with Crippen molar-refractivity contribution in [2.24, 2.45) is 11.8 Å². The normalized spacial score (nSPS) is 21.4. The monoisotopic (exact) mass is 248 g/mol. The maximum atomic E-state index is 11.7. The summed E-state index contributed by atoms with van der Waals surface area (Å²) < 4.78 is 0. The van der Waals surface area contributed by atoms with Gasteiger partial charge in [0.1, 0.15) is 0 Å². The second kappa shape index (κ2) is 8.29. The summed E-state index contributed by atoms with van der Waals surface area (Å²) in [6.45, 7) is 6.53. The van der Waals surface area contributed by atoms with Crippen molar-refractivity contribution in [2.75, 3.05) is 0 Å². The van der Waals surface area contributed by atoms with Crippen molar-refractivity contribution in [1.29, 1.82) is 0 Å². The van der Waals surface area contributed by atoms with Crippen LogP contribution in [0.4, 0.5) is 0 Å². The van der Waals surface area contributed by atoms with E-state index in [4.69, 9.17) is 0 Å². The minimum absolute atomic E-state index is 0.236. The number of carbonyl (C=O) groups is 1. The summed E-state index contributed by atoms with van der Waals surface area (Å²) in [5.74, 6) is 1.10. The lowest BCUT2D eigenvalue weighted by Crippen LogP contribution is -2.04. The van der Waals surface area contributed by atoms with E-state index >= 15 is 0 Å². The second-order valence-electron chi connectivity index (χ2n) is 5.75. The van der Waals surface area contributed by atoms with Gasteiger partial charge in [-0.2, -0.15) is 0 Å². The Morgan fingerprint density at radius 3 is 2.50 bits per heavy atom. The first-order valence-corrected chi connectivity index (χ1v) is 7.59. The molecule has 0 N–H and O–H groups in total. The van der Waals surface area contributed by atoms with Gasteiger partial charge in [-0.15, -0.1) is 0 Å². The van der Waals surface area contributed by atoms with Gasteiger partial charge in [-0.3, -0.25) is 4.79 Å². The first kappa shape index (κ1) is 15.2. The molecule has 0 saturated carbocycles. The number of allylic oxidation sites excluding steroid dienone is 4. The number of ketones is 1. The van der Waals surface area contributed by atoms with Crippen LogP contribution in [-0.4, -0.2) is 5.78 Å². The zero-order valence-electron chi connectivity index (χ0n) is 12.2. The highest BCUT2D eigenvalue weighted by Gasteiger charge is 2.22. The quantitative estimate of drug-likeness (QED) is 0.433.